The van der Waals surface area contributed by atoms with E-state index in [2.05, 4.69) is 5.32 Å². The molecule has 0 heterocycles. The van der Waals surface area contributed by atoms with E-state index < -0.39 is 5.91 Å². The normalized spacial score (nSPS) is 11.8. The number of nitrogens with two attached hydrogens (primary N) is 1. The van der Waals surface area contributed by atoms with E-state index in [1.54, 1.807) is 12.1 Å². The topological polar surface area (TPSA) is 92.4 Å². The Labute approximate surface area is 192 Å². The second kappa shape index (κ2) is 9.67. The smallest absolute Gasteiger partial charge is 0.251 e. The number of aliphatic hydroxyl groups is 1. The Balaban J connectivity index is 1.61. The molecule has 5 nitrogen and oxygen atoms in total. The number of hydrogen-bond acceptors (Lipinski definition) is 3. The lowest BCUT2D eigenvalue weighted by molar-refractivity contribution is 0.0915. The number of carbonyl (C=O) groups is 2. The summed E-state index contributed by atoms with van der Waals surface area (Å²) < 4.78 is 0. The van der Waals surface area contributed by atoms with Gasteiger partial charge in [-0.25, -0.2) is 0 Å². The third-order valence-corrected chi connectivity index (χ3v) is 5.83. The Morgan fingerprint density at radius 3 is 2.30 bits per heavy atom. The van der Waals surface area contributed by atoms with Crippen molar-refractivity contribution in [3.05, 3.63) is 107 Å². The summed E-state index contributed by atoms with van der Waals surface area (Å²) in [6, 6.07) is 26.2. The lowest BCUT2D eigenvalue weighted by Crippen LogP contribution is -2.39. The quantitative estimate of drug-likeness (QED) is 0.403. The highest BCUT2D eigenvalue weighted by molar-refractivity contribution is 6.12. The molecular weight excluding hydrogens is 412 g/mol. The van der Waals surface area contributed by atoms with E-state index in [4.69, 9.17) is 5.73 Å². The van der Waals surface area contributed by atoms with Crippen LogP contribution in [-0.2, 0) is 6.42 Å². The predicted octanol–water partition coefficient (Wildman–Crippen LogP) is 4.25. The maximum absolute atomic E-state index is 12.9. The number of benzene rings is 4. The molecule has 0 aromatic heterocycles. The minimum Gasteiger partial charge on any atom is -0.394 e. The summed E-state index contributed by atoms with van der Waals surface area (Å²) in [4.78, 5) is 25.2. The molecule has 1 atom stereocenters. The van der Waals surface area contributed by atoms with Crippen LogP contribution in [0.3, 0.4) is 0 Å². The van der Waals surface area contributed by atoms with Gasteiger partial charge in [0.1, 0.15) is 0 Å². The molecule has 4 aromatic carbocycles. The van der Waals surface area contributed by atoms with Crippen molar-refractivity contribution in [3.63, 3.8) is 0 Å². The first-order valence-electron chi connectivity index (χ1n) is 10.9. The number of rotatable bonds is 7. The number of carbonyl (C=O) groups excluding carboxylic acids is 2. The van der Waals surface area contributed by atoms with Crippen molar-refractivity contribution in [3.8, 4) is 11.1 Å². The number of amides is 2. The summed E-state index contributed by atoms with van der Waals surface area (Å²) >= 11 is 0. The fourth-order valence-corrected chi connectivity index (χ4v) is 4.20. The molecule has 166 valence electrons. The van der Waals surface area contributed by atoms with Gasteiger partial charge in [-0.3, -0.25) is 9.59 Å². The third-order valence-electron chi connectivity index (χ3n) is 5.83. The van der Waals surface area contributed by atoms with Crippen LogP contribution in [0.15, 0.2) is 84.9 Å². The van der Waals surface area contributed by atoms with E-state index in [9.17, 15) is 14.7 Å². The van der Waals surface area contributed by atoms with Gasteiger partial charge in [0.15, 0.2) is 0 Å². The summed E-state index contributed by atoms with van der Waals surface area (Å²) in [5.41, 5.74) is 10.2. The van der Waals surface area contributed by atoms with Crippen molar-refractivity contribution in [2.75, 3.05) is 6.61 Å². The summed E-state index contributed by atoms with van der Waals surface area (Å²) in [5, 5.41) is 14.4. The highest BCUT2D eigenvalue weighted by Gasteiger charge is 2.18. The molecule has 4 rings (SSSR count). The Kier molecular flexibility index (Phi) is 6.52. The molecule has 0 saturated heterocycles. The highest BCUT2D eigenvalue weighted by atomic mass is 16.3. The van der Waals surface area contributed by atoms with Gasteiger partial charge in [0.25, 0.3) is 5.91 Å². The number of hydrogen-bond donors (Lipinski definition) is 3. The van der Waals surface area contributed by atoms with Crippen molar-refractivity contribution >= 4 is 22.6 Å². The van der Waals surface area contributed by atoms with Crippen LogP contribution in [0.4, 0.5) is 0 Å². The lowest BCUT2D eigenvalue weighted by Gasteiger charge is -2.18. The van der Waals surface area contributed by atoms with Crippen LogP contribution < -0.4 is 11.1 Å². The molecule has 2 amide bonds. The Morgan fingerprint density at radius 1 is 0.909 bits per heavy atom. The van der Waals surface area contributed by atoms with Crippen LogP contribution in [0.1, 0.15) is 31.8 Å². The molecule has 4 aromatic rings. The minimum absolute atomic E-state index is 0.156. The first-order valence-corrected chi connectivity index (χ1v) is 10.9. The molecule has 0 aliphatic heterocycles. The molecule has 0 spiro atoms. The number of nitrogens with one attached hydrogen (secondary N) is 1. The van der Waals surface area contributed by atoms with Gasteiger partial charge in [0, 0.05) is 5.56 Å². The van der Waals surface area contributed by atoms with Crippen LogP contribution in [-0.4, -0.2) is 29.6 Å². The number of primary amides is 1. The zero-order chi connectivity index (χ0) is 23.4. The van der Waals surface area contributed by atoms with Gasteiger partial charge in [-0.05, 0) is 58.5 Å². The zero-order valence-corrected chi connectivity index (χ0v) is 18.4. The van der Waals surface area contributed by atoms with E-state index >= 15 is 0 Å². The lowest BCUT2D eigenvalue weighted by atomic mass is 9.90. The van der Waals surface area contributed by atoms with Gasteiger partial charge in [0.05, 0.1) is 18.2 Å². The van der Waals surface area contributed by atoms with Crippen LogP contribution in [0.5, 0.6) is 0 Å². The third kappa shape index (κ3) is 4.78. The molecule has 0 aliphatic carbocycles. The van der Waals surface area contributed by atoms with Crippen molar-refractivity contribution in [2.45, 2.75) is 19.4 Å². The number of fused-ring (bicyclic) bond motifs is 1. The molecule has 5 heteroatoms. The standard InChI is InChI=1S/C28H26N2O3/c1-18-15-21(28(33)30-22(17-31)16-19-7-3-2-4-8-19)12-13-23(18)25-14-11-20-9-5-6-10-24(20)26(25)27(29)32/h2-15,22,31H,16-17H2,1H3,(H2,29,32)(H,30,33). The molecule has 0 bridgehead atoms. The second-order valence-electron chi connectivity index (χ2n) is 8.15. The van der Waals surface area contributed by atoms with Gasteiger partial charge < -0.3 is 16.2 Å². The molecule has 0 saturated carbocycles. The van der Waals surface area contributed by atoms with Gasteiger partial charge in [-0.1, -0.05) is 72.8 Å². The summed E-state index contributed by atoms with van der Waals surface area (Å²) in [7, 11) is 0. The maximum Gasteiger partial charge on any atom is 0.251 e. The van der Waals surface area contributed by atoms with Crippen molar-refractivity contribution in [1.82, 2.24) is 5.32 Å². The van der Waals surface area contributed by atoms with Crippen LogP contribution in [0.2, 0.25) is 0 Å². The van der Waals surface area contributed by atoms with Gasteiger partial charge in [0.2, 0.25) is 5.91 Å². The van der Waals surface area contributed by atoms with Crippen LogP contribution in [0.25, 0.3) is 21.9 Å². The highest BCUT2D eigenvalue weighted by Crippen LogP contribution is 2.32. The molecule has 0 aliphatic rings. The molecular formula is C28H26N2O3. The molecule has 0 fully saturated rings. The molecule has 1 unspecified atom stereocenters. The summed E-state index contributed by atoms with van der Waals surface area (Å²) in [5.74, 6) is -0.747. The van der Waals surface area contributed by atoms with E-state index in [-0.39, 0.29) is 18.6 Å². The fourth-order valence-electron chi connectivity index (χ4n) is 4.20. The van der Waals surface area contributed by atoms with E-state index in [0.717, 1.165) is 33.0 Å². The summed E-state index contributed by atoms with van der Waals surface area (Å²) in [6.45, 7) is 1.75. The number of aliphatic hydroxyl groups excluding tert-OH is 1. The second-order valence-corrected chi connectivity index (χ2v) is 8.15. The predicted molar refractivity (Wildman–Crippen MR) is 131 cm³/mol. The average molecular weight is 439 g/mol. The minimum atomic E-state index is -0.491. The SMILES string of the molecule is Cc1cc(C(=O)NC(CO)Cc2ccccc2)ccc1-c1ccc2ccccc2c1C(N)=O. The molecule has 4 N–H and O–H groups in total. The van der Waals surface area contributed by atoms with E-state index in [1.165, 1.54) is 0 Å². The van der Waals surface area contributed by atoms with E-state index in [0.29, 0.717) is 17.5 Å². The van der Waals surface area contributed by atoms with Gasteiger partial charge in [-0.15, -0.1) is 0 Å². The Bertz CT molecular complexity index is 1320. The van der Waals surface area contributed by atoms with Gasteiger partial charge >= 0.3 is 0 Å². The Morgan fingerprint density at radius 2 is 1.61 bits per heavy atom. The fraction of sp³-hybridized carbons (Fsp3) is 0.143. The number of aryl methyl sites for hydroxylation is 1. The van der Waals surface area contributed by atoms with Crippen LogP contribution in [0, 0.1) is 6.92 Å². The largest absolute Gasteiger partial charge is 0.394 e. The maximum atomic E-state index is 12.9. The molecule has 33 heavy (non-hydrogen) atoms. The van der Waals surface area contributed by atoms with E-state index in [1.807, 2.05) is 79.7 Å². The zero-order valence-electron chi connectivity index (χ0n) is 18.4. The summed E-state index contributed by atoms with van der Waals surface area (Å²) in [6.07, 6.45) is 0.541. The van der Waals surface area contributed by atoms with Crippen molar-refractivity contribution in [2.24, 2.45) is 5.73 Å². The molecule has 0 radical (unpaired) electrons. The van der Waals surface area contributed by atoms with Crippen molar-refractivity contribution < 1.29 is 14.7 Å². The average Bonchev–Trinajstić information content (AvgIpc) is 2.83. The van der Waals surface area contributed by atoms with Crippen molar-refractivity contribution in [1.29, 1.82) is 0 Å². The first-order chi connectivity index (χ1) is 16.0. The Hall–Kier alpha value is -3.96. The monoisotopic (exact) mass is 438 g/mol. The van der Waals surface area contributed by atoms with Gasteiger partial charge in [-0.2, -0.15) is 0 Å². The van der Waals surface area contributed by atoms with Crippen LogP contribution >= 0.6 is 0 Å². The first kappa shape index (κ1) is 22.2.